The third kappa shape index (κ3) is 5.22. The first-order valence-corrected chi connectivity index (χ1v) is 9.15. The molecule has 0 atom stereocenters. The van der Waals surface area contributed by atoms with Gasteiger partial charge in [0.1, 0.15) is 17.1 Å². The van der Waals surface area contributed by atoms with Crippen LogP contribution in [0.2, 0.25) is 5.02 Å². The largest absolute Gasteiger partial charge is 0.492 e. The molecule has 0 saturated heterocycles. The molecule has 0 aliphatic carbocycles. The Balaban J connectivity index is 2.18. The number of methoxy groups -OCH3 is 1. The predicted octanol–water partition coefficient (Wildman–Crippen LogP) is 5.29. The van der Waals surface area contributed by atoms with Gasteiger partial charge in [0.25, 0.3) is 0 Å². The summed E-state index contributed by atoms with van der Waals surface area (Å²) in [5.41, 5.74) is 0.386. The van der Waals surface area contributed by atoms with Gasteiger partial charge in [-0.3, -0.25) is 0 Å². The van der Waals surface area contributed by atoms with Gasteiger partial charge in [-0.15, -0.1) is 0 Å². The zero-order valence-corrected chi connectivity index (χ0v) is 16.7. The van der Waals surface area contributed by atoms with Gasteiger partial charge in [0.15, 0.2) is 0 Å². The molecular formula is C19H18BrClO5. The van der Waals surface area contributed by atoms with Gasteiger partial charge < -0.3 is 14.2 Å². The number of rotatable bonds is 7. The second-order valence-corrected chi connectivity index (χ2v) is 6.66. The van der Waals surface area contributed by atoms with Crippen molar-refractivity contribution in [3.8, 4) is 11.5 Å². The van der Waals surface area contributed by atoms with Gasteiger partial charge in [0.2, 0.25) is 0 Å². The zero-order valence-electron chi connectivity index (χ0n) is 14.4. The van der Waals surface area contributed by atoms with Gasteiger partial charge >= 0.3 is 11.9 Å². The normalized spacial score (nSPS) is 10.3. The van der Waals surface area contributed by atoms with E-state index in [1.165, 1.54) is 25.3 Å². The minimum absolute atomic E-state index is 0.0747. The summed E-state index contributed by atoms with van der Waals surface area (Å²) in [6.07, 6.45) is 1.98. The van der Waals surface area contributed by atoms with E-state index in [0.717, 1.165) is 12.8 Å². The van der Waals surface area contributed by atoms with Gasteiger partial charge in [-0.1, -0.05) is 24.9 Å². The monoisotopic (exact) mass is 440 g/mol. The van der Waals surface area contributed by atoms with Crippen LogP contribution in [0.1, 0.15) is 40.5 Å². The van der Waals surface area contributed by atoms with Crippen molar-refractivity contribution in [2.75, 3.05) is 13.7 Å². The molecule has 0 heterocycles. The molecule has 138 valence electrons. The van der Waals surface area contributed by atoms with Crippen molar-refractivity contribution in [3.05, 3.63) is 57.0 Å². The van der Waals surface area contributed by atoms with Crippen molar-refractivity contribution < 1.29 is 23.8 Å². The van der Waals surface area contributed by atoms with Crippen LogP contribution in [0.4, 0.5) is 0 Å². The van der Waals surface area contributed by atoms with Crippen LogP contribution < -0.4 is 9.47 Å². The van der Waals surface area contributed by atoms with E-state index in [-0.39, 0.29) is 11.3 Å². The number of benzene rings is 2. The predicted molar refractivity (Wildman–Crippen MR) is 102 cm³/mol. The summed E-state index contributed by atoms with van der Waals surface area (Å²) in [5, 5.41) is 0.335. The molecule has 2 aromatic rings. The van der Waals surface area contributed by atoms with Gasteiger partial charge in [0, 0.05) is 5.02 Å². The lowest BCUT2D eigenvalue weighted by atomic mass is 10.2. The van der Waals surface area contributed by atoms with E-state index >= 15 is 0 Å². The topological polar surface area (TPSA) is 61.8 Å². The Morgan fingerprint density at radius 3 is 2.46 bits per heavy atom. The molecule has 7 heteroatoms. The molecule has 0 radical (unpaired) electrons. The maximum absolute atomic E-state index is 12.4. The summed E-state index contributed by atoms with van der Waals surface area (Å²) in [6, 6.07) is 9.26. The fraction of sp³-hybridized carbons (Fsp3) is 0.263. The molecule has 0 fully saturated rings. The number of ether oxygens (including phenoxy) is 3. The van der Waals surface area contributed by atoms with E-state index in [1.54, 1.807) is 18.2 Å². The highest BCUT2D eigenvalue weighted by molar-refractivity contribution is 9.10. The first kappa shape index (κ1) is 20.3. The van der Waals surface area contributed by atoms with Gasteiger partial charge in [-0.2, -0.15) is 0 Å². The lowest BCUT2D eigenvalue weighted by Gasteiger charge is -2.11. The van der Waals surface area contributed by atoms with Gasteiger partial charge in [-0.05, 0) is 58.7 Å². The summed E-state index contributed by atoms with van der Waals surface area (Å²) in [6.45, 7) is 2.68. The molecule has 0 saturated carbocycles. The van der Waals surface area contributed by atoms with E-state index in [9.17, 15) is 9.59 Å². The lowest BCUT2D eigenvalue weighted by molar-refractivity contribution is 0.0593. The molecule has 26 heavy (non-hydrogen) atoms. The summed E-state index contributed by atoms with van der Waals surface area (Å²) < 4.78 is 16.3. The maximum atomic E-state index is 12.4. The van der Waals surface area contributed by atoms with Crippen LogP contribution in [0.3, 0.4) is 0 Å². The van der Waals surface area contributed by atoms with Crippen LogP contribution >= 0.6 is 27.5 Å². The highest BCUT2D eigenvalue weighted by atomic mass is 79.9. The summed E-state index contributed by atoms with van der Waals surface area (Å²) in [7, 11) is 1.24. The molecule has 0 unspecified atom stereocenters. The van der Waals surface area contributed by atoms with Crippen molar-refractivity contribution in [1.82, 2.24) is 0 Å². The number of hydrogen-bond donors (Lipinski definition) is 0. The average molecular weight is 442 g/mol. The van der Waals surface area contributed by atoms with E-state index in [4.69, 9.17) is 21.1 Å². The van der Waals surface area contributed by atoms with E-state index in [2.05, 4.69) is 27.6 Å². The van der Waals surface area contributed by atoms with Crippen LogP contribution in [0.15, 0.2) is 40.9 Å². The lowest BCUT2D eigenvalue weighted by Crippen LogP contribution is -2.12. The van der Waals surface area contributed by atoms with Crippen molar-refractivity contribution in [2.24, 2.45) is 0 Å². The van der Waals surface area contributed by atoms with Gasteiger partial charge in [0.05, 0.1) is 23.8 Å². The fourth-order valence-electron chi connectivity index (χ4n) is 2.09. The molecule has 0 bridgehead atoms. The number of carbonyl (C=O) groups is 2. The highest BCUT2D eigenvalue weighted by Gasteiger charge is 2.18. The third-order valence-corrected chi connectivity index (χ3v) is 4.33. The number of halogens is 2. The molecule has 0 aromatic heterocycles. The quantitative estimate of drug-likeness (QED) is 0.332. The first-order valence-electron chi connectivity index (χ1n) is 7.98. The molecule has 2 rings (SSSR count). The summed E-state index contributed by atoms with van der Waals surface area (Å²) in [5.74, 6) is -0.531. The van der Waals surface area contributed by atoms with Crippen molar-refractivity contribution in [2.45, 2.75) is 19.8 Å². The smallest absolute Gasteiger partial charge is 0.343 e. The number of esters is 2. The van der Waals surface area contributed by atoms with E-state index in [1.807, 2.05) is 0 Å². The second kappa shape index (κ2) is 9.59. The summed E-state index contributed by atoms with van der Waals surface area (Å²) in [4.78, 5) is 24.2. The average Bonchev–Trinajstić information content (AvgIpc) is 2.63. The van der Waals surface area contributed by atoms with Crippen LogP contribution in [-0.4, -0.2) is 25.7 Å². The second-order valence-electron chi connectivity index (χ2n) is 5.37. The molecule has 5 nitrogen and oxygen atoms in total. The molecular weight excluding hydrogens is 424 g/mol. The van der Waals surface area contributed by atoms with Crippen LogP contribution in [0, 0.1) is 0 Å². The Morgan fingerprint density at radius 1 is 1.08 bits per heavy atom. The van der Waals surface area contributed by atoms with Crippen molar-refractivity contribution >= 4 is 39.5 Å². The third-order valence-electron chi connectivity index (χ3n) is 3.47. The molecule has 0 N–H and O–H groups in total. The minimum Gasteiger partial charge on any atom is -0.492 e. The number of hydrogen-bond acceptors (Lipinski definition) is 5. The summed E-state index contributed by atoms with van der Waals surface area (Å²) >= 11 is 9.28. The Morgan fingerprint density at radius 2 is 1.81 bits per heavy atom. The Kier molecular flexibility index (Phi) is 7.48. The molecule has 0 spiro atoms. The molecule has 0 amide bonds. The Bertz CT molecular complexity index is 807. The maximum Gasteiger partial charge on any atom is 0.343 e. The number of unbranched alkanes of at least 4 members (excludes halogenated alkanes) is 1. The Labute approximate surface area is 165 Å². The molecule has 2 aromatic carbocycles. The van der Waals surface area contributed by atoms with Crippen LogP contribution in [0.25, 0.3) is 0 Å². The minimum atomic E-state index is -0.642. The van der Waals surface area contributed by atoms with Gasteiger partial charge in [-0.25, -0.2) is 9.59 Å². The van der Waals surface area contributed by atoms with Crippen LogP contribution in [-0.2, 0) is 4.74 Å². The molecule has 0 aliphatic rings. The van der Waals surface area contributed by atoms with Crippen LogP contribution in [0.5, 0.6) is 11.5 Å². The number of carbonyl (C=O) groups excluding carboxylic acids is 2. The Hall–Kier alpha value is -2.05. The zero-order chi connectivity index (χ0) is 19.1. The first-order chi connectivity index (χ1) is 12.5. The highest BCUT2D eigenvalue weighted by Crippen LogP contribution is 2.28. The van der Waals surface area contributed by atoms with E-state index < -0.39 is 11.9 Å². The molecule has 0 aliphatic heterocycles. The van der Waals surface area contributed by atoms with Crippen molar-refractivity contribution in [1.29, 1.82) is 0 Å². The van der Waals surface area contributed by atoms with E-state index in [0.29, 0.717) is 27.4 Å². The fourth-order valence-corrected chi connectivity index (χ4v) is 2.76. The standard InChI is InChI=1S/C19H18BrClO5/c1-3-4-9-25-17-7-5-12(10-15(17)20)18(22)26-16-8-6-13(21)11-14(16)19(23)24-2/h5-8,10-11H,3-4,9H2,1-2H3. The van der Waals surface area contributed by atoms with Crippen molar-refractivity contribution in [3.63, 3.8) is 0 Å². The SMILES string of the molecule is CCCCOc1ccc(C(=O)Oc2ccc(Cl)cc2C(=O)OC)cc1Br.